The zero-order valence-corrected chi connectivity index (χ0v) is 21.9. The number of hydrogen-bond donors (Lipinski definition) is 3. The lowest BCUT2D eigenvalue weighted by atomic mass is 10.0. The minimum Gasteiger partial charge on any atom is -0.385 e. The Morgan fingerprint density at radius 1 is 1.31 bits per heavy atom. The van der Waals surface area contributed by atoms with Crippen LogP contribution >= 0.6 is 0 Å². The Hall–Kier alpha value is -3.00. The first-order valence-corrected chi connectivity index (χ1v) is 12.8. The summed E-state index contributed by atoms with van der Waals surface area (Å²) in [5.41, 5.74) is -2.38. The molecule has 2 atom stereocenters. The van der Waals surface area contributed by atoms with Crippen molar-refractivity contribution >= 4 is 17.3 Å². The number of H-pyrrole nitrogens is 1. The fourth-order valence-electron chi connectivity index (χ4n) is 5.00. The molecule has 0 saturated carbocycles. The summed E-state index contributed by atoms with van der Waals surface area (Å²) in [5.74, 6) is -1.61. The lowest BCUT2D eigenvalue weighted by molar-refractivity contribution is -0.138. The van der Waals surface area contributed by atoms with Gasteiger partial charge in [0, 0.05) is 70.3 Å². The van der Waals surface area contributed by atoms with Crippen molar-refractivity contribution in [3.8, 4) is 0 Å². The first-order chi connectivity index (χ1) is 18.6. The van der Waals surface area contributed by atoms with E-state index in [9.17, 15) is 22.8 Å². The number of methoxy groups -OCH3 is 1. The average Bonchev–Trinajstić information content (AvgIpc) is 3.40. The molecule has 0 spiro atoms. The molecular formula is C26H33F4N5O4. The molecule has 3 N–H and O–H groups in total. The number of anilines is 2. The first-order valence-electron chi connectivity index (χ1n) is 12.8. The van der Waals surface area contributed by atoms with E-state index in [-0.39, 0.29) is 17.3 Å². The predicted octanol–water partition coefficient (Wildman–Crippen LogP) is 2.99. The van der Waals surface area contributed by atoms with Gasteiger partial charge in [0.2, 0.25) is 5.56 Å². The normalized spacial score (nSPS) is 20.0. The first kappa shape index (κ1) is 29.0. The number of benzene rings is 1. The van der Waals surface area contributed by atoms with Crippen LogP contribution in [0.15, 0.2) is 29.2 Å². The predicted molar refractivity (Wildman–Crippen MR) is 138 cm³/mol. The zero-order chi connectivity index (χ0) is 28.2. The molecule has 3 heterocycles. The van der Waals surface area contributed by atoms with Gasteiger partial charge in [-0.15, -0.1) is 0 Å². The third-order valence-corrected chi connectivity index (χ3v) is 7.10. The van der Waals surface area contributed by atoms with Gasteiger partial charge in [-0.2, -0.15) is 13.2 Å². The van der Waals surface area contributed by atoms with Gasteiger partial charge in [-0.25, -0.2) is 4.39 Å². The zero-order valence-electron chi connectivity index (χ0n) is 21.9. The van der Waals surface area contributed by atoms with Crippen LogP contribution in [0.2, 0.25) is 0 Å². The second-order valence-electron chi connectivity index (χ2n) is 9.75. The molecule has 0 radical (unpaired) electrons. The Morgan fingerprint density at radius 2 is 2.10 bits per heavy atom. The highest BCUT2D eigenvalue weighted by Gasteiger charge is 2.36. The van der Waals surface area contributed by atoms with E-state index in [1.165, 1.54) is 12.1 Å². The van der Waals surface area contributed by atoms with Gasteiger partial charge >= 0.3 is 6.18 Å². The highest BCUT2D eigenvalue weighted by molar-refractivity contribution is 6.07. The third kappa shape index (κ3) is 6.96. The van der Waals surface area contributed by atoms with Gasteiger partial charge in [-0.3, -0.25) is 9.59 Å². The average molecular weight is 556 g/mol. The van der Waals surface area contributed by atoms with Crippen LogP contribution in [0.3, 0.4) is 0 Å². The SMILES string of the molecule is COCCCN(C)C1CCN(c2cc(F)c(C3CNCCO3)cc2NC(=O)c2c[nH]c(=O)cc2C(F)(F)F)C1. The number of pyridine rings is 1. The highest BCUT2D eigenvalue weighted by Crippen LogP contribution is 2.37. The third-order valence-electron chi connectivity index (χ3n) is 7.10. The number of carbonyl (C=O) groups excluding carboxylic acids is 1. The number of rotatable bonds is 9. The summed E-state index contributed by atoms with van der Waals surface area (Å²) >= 11 is 0. The van der Waals surface area contributed by atoms with Crippen LogP contribution in [0.5, 0.6) is 0 Å². The van der Waals surface area contributed by atoms with Crippen molar-refractivity contribution in [1.82, 2.24) is 15.2 Å². The number of nitrogens with one attached hydrogen (secondary N) is 3. The molecule has 1 aromatic heterocycles. The van der Waals surface area contributed by atoms with E-state index in [1.54, 1.807) is 7.11 Å². The maximum atomic E-state index is 15.4. The highest BCUT2D eigenvalue weighted by atomic mass is 19.4. The van der Waals surface area contributed by atoms with Crippen LogP contribution in [0.1, 0.15) is 40.4 Å². The fourth-order valence-corrected chi connectivity index (χ4v) is 5.00. The Bertz CT molecular complexity index is 1220. The minimum absolute atomic E-state index is 0.160. The van der Waals surface area contributed by atoms with Crippen molar-refractivity contribution in [1.29, 1.82) is 0 Å². The van der Waals surface area contributed by atoms with Crippen LogP contribution < -0.4 is 21.1 Å². The summed E-state index contributed by atoms with van der Waals surface area (Å²) in [6, 6.07) is 3.23. The Balaban J connectivity index is 1.66. The van der Waals surface area contributed by atoms with Gasteiger partial charge in [0.05, 0.1) is 35.2 Å². The number of aromatic nitrogens is 1. The maximum absolute atomic E-state index is 15.4. The quantitative estimate of drug-likeness (QED) is 0.323. The second kappa shape index (κ2) is 12.5. The number of morpholine rings is 1. The summed E-state index contributed by atoms with van der Waals surface area (Å²) in [7, 11) is 3.64. The van der Waals surface area contributed by atoms with Gasteiger partial charge in [0.1, 0.15) is 5.82 Å². The molecule has 2 saturated heterocycles. The lowest BCUT2D eigenvalue weighted by Gasteiger charge is -2.29. The topological polar surface area (TPSA) is 98.9 Å². The van der Waals surface area contributed by atoms with E-state index in [1.807, 2.05) is 11.9 Å². The van der Waals surface area contributed by atoms with Crippen LogP contribution in [-0.2, 0) is 15.7 Å². The number of likely N-dealkylation sites (N-methyl/N-ethyl adjacent to an activating group) is 1. The molecule has 0 bridgehead atoms. The molecule has 1 amide bonds. The fraction of sp³-hybridized carbons (Fsp3) is 0.538. The molecular weight excluding hydrogens is 522 g/mol. The van der Waals surface area contributed by atoms with E-state index in [0.29, 0.717) is 51.1 Å². The molecule has 9 nitrogen and oxygen atoms in total. The Kier molecular flexibility index (Phi) is 9.26. The number of aromatic amines is 1. The molecule has 214 valence electrons. The van der Waals surface area contributed by atoms with Gasteiger partial charge in [-0.1, -0.05) is 0 Å². The van der Waals surface area contributed by atoms with E-state index >= 15 is 4.39 Å². The van der Waals surface area contributed by atoms with E-state index < -0.39 is 40.7 Å². The number of amides is 1. The van der Waals surface area contributed by atoms with Crippen molar-refractivity contribution in [2.24, 2.45) is 0 Å². The van der Waals surface area contributed by atoms with Crippen molar-refractivity contribution < 1.29 is 31.8 Å². The largest absolute Gasteiger partial charge is 0.417 e. The van der Waals surface area contributed by atoms with Crippen molar-refractivity contribution in [3.63, 3.8) is 0 Å². The number of ether oxygens (including phenoxy) is 2. The smallest absolute Gasteiger partial charge is 0.385 e. The molecule has 0 aliphatic carbocycles. The van der Waals surface area contributed by atoms with E-state index in [0.717, 1.165) is 25.6 Å². The van der Waals surface area contributed by atoms with Crippen molar-refractivity contribution in [2.45, 2.75) is 31.2 Å². The standard InChI is InChI=1S/C26H33F4N5O4/c1-34(6-3-8-38-2)16-4-7-35(15-16)22-12-20(27)17(23-14-31-5-9-39-23)10-21(22)33-25(37)18-13-32-24(36)11-19(18)26(28,29)30/h10-13,16,23,31H,3-9,14-15H2,1-2H3,(H,32,36)(H,33,37). The number of carbonyl (C=O) groups is 1. The van der Waals surface area contributed by atoms with Gasteiger partial charge in [0.15, 0.2) is 0 Å². The van der Waals surface area contributed by atoms with Gasteiger partial charge in [-0.05, 0) is 32.0 Å². The second-order valence-corrected chi connectivity index (χ2v) is 9.75. The van der Waals surface area contributed by atoms with Crippen LogP contribution in [-0.4, -0.2) is 81.9 Å². The van der Waals surface area contributed by atoms with Crippen LogP contribution in [0, 0.1) is 5.82 Å². The monoisotopic (exact) mass is 555 g/mol. The lowest BCUT2D eigenvalue weighted by Crippen LogP contribution is -2.36. The number of hydrogen-bond acceptors (Lipinski definition) is 7. The Labute approximate surface area is 223 Å². The molecule has 4 rings (SSSR count). The van der Waals surface area contributed by atoms with Gasteiger partial charge < -0.3 is 34.9 Å². The molecule has 2 fully saturated rings. The van der Waals surface area contributed by atoms with Crippen LogP contribution in [0.4, 0.5) is 28.9 Å². The van der Waals surface area contributed by atoms with Crippen molar-refractivity contribution in [3.05, 3.63) is 57.3 Å². The summed E-state index contributed by atoms with van der Waals surface area (Å²) in [6.07, 6.45) is -3.17. The Morgan fingerprint density at radius 3 is 2.79 bits per heavy atom. The minimum atomic E-state index is -4.92. The molecule has 39 heavy (non-hydrogen) atoms. The summed E-state index contributed by atoms with van der Waals surface area (Å²) in [6.45, 7) is 3.87. The molecule has 1 aromatic carbocycles. The molecule has 2 aromatic rings. The van der Waals surface area contributed by atoms with Gasteiger partial charge in [0.25, 0.3) is 5.91 Å². The number of alkyl halides is 3. The number of nitrogens with zero attached hydrogens (tertiary/aromatic N) is 2. The van der Waals surface area contributed by atoms with E-state index in [4.69, 9.17) is 9.47 Å². The maximum Gasteiger partial charge on any atom is 0.417 e. The molecule has 13 heteroatoms. The van der Waals surface area contributed by atoms with Crippen molar-refractivity contribution in [2.75, 3.05) is 70.3 Å². The van der Waals surface area contributed by atoms with E-state index in [2.05, 4.69) is 20.5 Å². The molecule has 2 unspecified atom stereocenters. The summed E-state index contributed by atoms with van der Waals surface area (Å²) in [4.78, 5) is 30.9. The summed E-state index contributed by atoms with van der Waals surface area (Å²) in [5, 5.41) is 5.68. The molecule has 2 aliphatic rings. The number of halogens is 4. The van der Waals surface area contributed by atoms with Crippen LogP contribution in [0.25, 0.3) is 0 Å². The molecule has 2 aliphatic heterocycles. The summed E-state index contributed by atoms with van der Waals surface area (Å²) < 4.78 is 67.1.